The van der Waals surface area contributed by atoms with E-state index in [1.165, 1.54) is 26.3 Å². The number of nitrogens with one attached hydrogen (secondary N) is 2. The Hall–Kier alpha value is -3.01. The van der Waals surface area contributed by atoms with Crippen molar-refractivity contribution >= 4 is 33.3 Å². The number of benzene rings is 2. The number of methoxy groups -OCH3 is 1. The van der Waals surface area contributed by atoms with Crippen molar-refractivity contribution in [2.45, 2.75) is 0 Å². The Bertz CT molecular complexity index is 967. The van der Waals surface area contributed by atoms with Gasteiger partial charge in [0.25, 0.3) is 0 Å². The molecule has 0 saturated carbocycles. The summed E-state index contributed by atoms with van der Waals surface area (Å²) in [7, 11) is -0.877. The summed E-state index contributed by atoms with van der Waals surface area (Å²) in [6.45, 7) is 0.00742. The van der Waals surface area contributed by atoms with Crippen LogP contribution in [0.15, 0.2) is 42.5 Å². The number of ether oxygens (including phenoxy) is 1. The number of rotatable bonds is 5. The van der Waals surface area contributed by atoms with Crippen molar-refractivity contribution in [3.63, 3.8) is 0 Å². The molecular weight excluding hydrogens is 375 g/mol. The van der Waals surface area contributed by atoms with Gasteiger partial charge in [0, 0.05) is 31.4 Å². The van der Waals surface area contributed by atoms with Gasteiger partial charge in [0.15, 0.2) is 0 Å². The molecule has 0 fully saturated rings. The molecule has 144 valence electrons. The van der Waals surface area contributed by atoms with Gasteiger partial charge in [0.2, 0.25) is 0 Å². The number of amides is 2. The van der Waals surface area contributed by atoms with Crippen molar-refractivity contribution in [3.8, 4) is 5.75 Å². The van der Waals surface area contributed by atoms with E-state index in [9.17, 15) is 17.6 Å². The van der Waals surface area contributed by atoms with Gasteiger partial charge in [-0.15, -0.1) is 0 Å². The molecule has 1 aliphatic rings. The molecule has 27 heavy (non-hydrogen) atoms. The van der Waals surface area contributed by atoms with E-state index in [1.807, 2.05) is 0 Å². The Kier molecular flexibility index (Phi) is 5.08. The van der Waals surface area contributed by atoms with Crippen LogP contribution in [0.4, 0.5) is 26.2 Å². The number of carbonyl (C=O) groups excluding carboxylic acids is 1. The maximum atomic E-state index is 13.5. The van der Waals surface area contributed by atoms with Crippen molar-refractivity contribution in [2.24, 2.45) is 0 Å². The second kappa shape index (κ2) is 7.31. The van der Waals surface area contributed by atoms with Gasteiger partial charge in [-0.25, -0.2) is 13.5 Å². The normalized spacial score (nSPS) is 14.6. The monoisotopic (exact) mass is 394 g/mol. The number of carbonyl (C=O) groups is 1. The molecule has 0 spiro atoms. The Morgan fingerprint density at radius 2 is 1.96 bits per heavy atom. The first kappa shape index (κ1) is 18.8. The third-order valence-corrected chi connectivity index (χ3v) is 5.92. The van der Waals surface area contributed by atoms with E-state index in [1.54, 1.807) is 24.3 Å². The molecule has 3 rings (SSSR count). The highest BCUT2D eigenvalue weighted by molar-refractivity contribution is 7.94. The van der Waals surface area contributed by atoms with Crippen LogP contribution in [0.3, 0.4) is 0 Å². The summed E-state index contributed by atoms with van der Waals surface area (Å²) in [6.07, 6.45) is 0. The summed E-state index contributed by atoms with van der Waals surface area (Å²) in [4.78, 5) is 12.0. The highest BCUT2D eigenvalue weighted by Crippen LogP contribution is 2.39. The fourth-order valence-corrected chi connectivity index (χ4v) is 4.16. The van der Waals surface area contributed by atoms with Gasteiger partial charge in [-0.05, 0) is 24.3 Å². The fourth-order valence-electron chi connectivity index (χ4n) is 2.74. The number of urea groups is 1. The quantitative estimate of drug-likeness (QED) is 0.813. The molecule has 2 amide bonds. The summed E-state index contributed by atoms with van der Waals surface area (Å²) in [5.41, 5.74) is 1.16. The van der Waals surface area contributed by atoms with Crippen LogP contribution < -0.4 is 24.0 Å². The number of hydrogen-bond donors (Lipinski definition) is 2. The molecule has 0 saturated heterocycles. The van der Waals surface area contributed by atoms with Crippen LogP contribution in [0.2, 0.25) is 0 Å². The fraction of sp³-hybridized carbons (Fsp3) is 0.235. The molecule has 1 heterocycles. The van der Waals surface area contributed by atoms with Crippen molar-refractivity contribution in [1.29, 1.82) is 0 Å². The van der Waals surface area contributed by atoms with Crippen LogP contribution in [0.5, 0.6) is 5.75 Å². The SMILES string of the molecule is COc1cccc(NC(=O)NCCN2c3cc(F)ccc3N(C)S2(=O)=O)c1. The van der Waals surface area contributed by atoms with Gasteiger partial charge in [-0.3, -0.25) is 4.31 Å². The molecule has 2 aromatic rings. The molecule has 2 aromatic carbocycles. The van der Waals surface area contributed by atoms with E-state index < -0.39 is 22.1 Å². The van der Waals surface area contributed by atoms with Crippen LogP contribution >= 0.6 is 0 Å². The minimum Gasteiger partial charge on any atom is -0.497 e. The number of halogens is 1. The number of anilines is 3. The van der Waals surface area contributed by atoms with E-state index >= 15 is 0 Å². The molecule has 10 heteroatoms. The minimum absolute atomic E-state index is 0.0331. The summed E-state index contributed by atoms with van der Waals surface area (Å²) >= 11 is 0. The molecule has 0 radical (unpaired) electrons. The molecule has 1 aliphatic heterocycles. The first-order valence-corrected chi connectivity index (χ1v) is 9.47. The molecule has 0 bridgehead atoms. The molecule has 0 unspecified atom stereocenters. The zero-order chi connectivity index (χ0) is 19.6. The van der Waals surface area contributed by atoms with Crippen LogP contribution in [-0.4, -0.2) is 41.7 Å². The molecule has 0 aromatic heterocycles. The average molecular weight is 394 g/mol. The molecule has 8 nitrogen and oxygen atoms in total. The van der Waals surface area contributed by atoms with Gasteiger partial charge >= 0.3 is 16.2 Å². The second-order valence-electron chi connectivity index (χ2n) is 5.79. The van der Waals surface area contributed by atoms with E-state index in [0.29, 0.717) is 17.1 Å². The van der Waals surface area contributed by atoms with E-state index in [2.05, 4.69) is 10.6 Å². The largest absolute Gasteiger partial charge is 0.497 e. The Morgan fingerprint density at radius 3 is 2.70 bits per heavy atom. The third-order valence-electron chi connectivity index (χ3n) is 4.10. The summed E-state index contributed by atoms with van der Waals surface area (Å²) in [5, 5.41) is 5.22. The van der Waals surface area contributed by atoms with Crippen molar-refractivity contribution < 1.29 is 22.3 Å². The average Bonchev–Trinajstić information content (AvgIpc) is 2.82. The summed E-state index contributed by atoms with van der Waals surface area (Å²) in [5.74, 6) is 0.0607. The zero-order valence-corrected chi connectivity index (χ0v) is 15.6. The van der Waals surface area contributed by atoms with Gasteiger partial charge in [-0.1, -0.05) is 6.07 Å². The van der Waals surface area contributed by atoms with E-state index in [-0.39, 0.29) is 18.8 Å². The highest BCUT2D eigenvalue weighted by Gasteiger charge is 2.37. The number of nitrogens with zero attached hydrogens (tertiary/aromatic N) is 2. The Labute approximate surface area is 156 Å². The lowest BCUT2D eigenvalue weighted by Gasteiger charge is -2.19. The predicted octanol–water partition coefficient (Wildman–Crippen LogP) is 2.16. The van der Waals surface area contributed by atoms with Crippen LogP contribution in [-0.2, 0) is 10.2 Å². The maximum absolute atomic E-state index is 13.5. The van der Waals surface area contributed by atoms with Gasteiger partial charge in [0.1, 0.15) is 11.6 Å². The van der Waals surface area contributed by atoms with Crippen LogP contribution in [0.25, 0.3) is 0 Å². The Morgan fingerprint density at radius 1 is 1.19 bits per heavy atom. The summed E-state index contributed by atoms with van der Waals surface area (Å²) < 4.78 is 45.7. The standard InChI is InChI=1S/C17H19FN4O4S/c1-21-15-7-6-12(18)10-16(15)22(27(21,24)25)9-8-19-17(23)20-13-4-3-5-14(11-13)26-2/h3-7,10-11H,8-9H2,1-2H3,(H2,19,20,23). The molecule has 2 N–H and O–H groups in total. The lowest BCUT2D eigenvalue weighted by molar-refractivity contribution is 0.252. The van der Waals surface area contributed by atoms with E-state index in [4.69, 9.17) is 4.74 Å². The lowest BCUT2D eigenvalue weighted by Crippen LogP contribution is -2.41. The van der Waals surface area contributed by atoms with Gasteiger partial charge < -0.3 is 15.4 Å². The van der Waals surface area contributed by atoms with Gasteiger partial charge in [0.05, 0.1) is 25.0 Å². The van der Waals surface area contributed by atoms with Crippen LogP contribution in [0, 0.1) is 5.82 Å². The lowest BCUT2D eigenvalue weighted by atomic mass is 10.2. The van der Waals surface area contributed by atoms with Crippen molar-refractivity contribution in [3.05, 3.63) is 48.3 Å². The molecular formula is C17H19FN4O4S. The first-order chi connectivity index (χ1) is 12.8. The zero-order valence-electron chi connectivity index (χ0n) is 14.8. The van der Waals surface area contributed by atoms with Crippen molar-refractivity contribution in [1.82, 2.24) is 5.32 Å². The smallest absolute Gasteiger partial charge is 0.326 e. The molecule has 0 aliphatic carbocycles. The maximum Gasteiger partial charge on any atom is 0.326 e. The Balaban J connectivity index is 1.63. The number of fused-ring (bicyclic) bond motifs is 1. The topological polar surface area (TPSA) is 91.0 Å². The summed E-state index contributed by atoms with van der Waals surface area (Å²) in [6, 6.07) is 10.1. The second-order valence-corrected chi connectivity index (χ2v) is 7.68. The highest BCUT2D eigenvalue weighted by atomic mass is 32.2. The van der Waals surface area contributed by atoms with Gasteiger partial charge in [-0.2, -0.15) is 8.42 Å². The van der Waals surface area contributed by atoms with E-state index in [0.717, 1.165) is 14.7 Å². The third kappa shape index (κ3) is 3.75. The number of hydrogen-bond acceptors (Lipinski definition) is 4. The van der Waals surface area contributed by atoms with Crippen LogP contribution in [0.1, 0.15) is 0 Å². The van der Waals surface area contributed by atoms with Crippen molar-refractivity contribution in [2.75, 3.05) is 41.2 Å². The minimum atomic E-state index is -3.80. The predicted molar refractivity (Wildman–Crippen MR) is 101 cm³/mol. The first-order valence-electron chi connectivity index (χ1n) is 8.08. The molecule has 0 atom stereocenters.